The van der Waals surface area contributed by atoms with E-state index in [1.807, 2.05) is 0 Å². The van der Waals surface area contributed by atoms with Crippen LogP contribution in [0.25, 0.3) is 0 Å². The van der Waals surface area contributed by atoms with Crippen LogP contribution < -0.4 is 11.5 Å². The average molecular weight is 298 g/mol. The van der Waals surface area contributed by atoms with Crippen LogP contribution in [0.15, 0.2) is 6.33 Å². The second-order valence-electron chi connectivity index (χ2n) is 5.56. The number of aliphatic hydroxyl groups is 1. The molecule has 9 heteroatoms. The Morgan fingerprint density at radius 3 is 2.71 bits per heavy atom. The Morgan fingerprint density at radius 2 is 2.14 bits per heavy atom. The third-order valence-corrected chi connectivity index (χ3v) is 3.64. The minimum Gasteiger partial charge on any atom is -0.394 e. The number of amides is 1. The summed E-state index contributed by atoms with van der Waals surface area (Å²) in [6.07, 6.45) is -0.704. The highest BCUT2D eigenvalue weighted by Crippen LogP contribution is 2.43. The summed E-state index contributed by atoms with van der Waals surface area (Å²) in [5.74, 6) is -1.41. The van der Waals surface area contributed by atoms with Gasteiger partial charge in [0.05, 0.1) is 12.9 Å². The molecule has 4 atom stereocenters. The molecule has 116 valence electrons. The second kappa shape index (κ2) is 4.67. The molecule has 0 bridgehead atoms. The van der Waals surface area contributed by atoms with E-state index in [4.69, 9.17) is 25.7 Å². The first-order valence-electron chi connectivity index (χ1n) is 6.58. The predicted octanol–water partition coefficient (Wildman–Crippen LogP) is -1.03. The van der Waals surface area contributed by atoms with Gasteiger partial charge in [0.25, 0.3) is 5.91 Å². The summed E-state index contributed by atoms with van der Waals surface area (Å²) < 4.78 is 18.8. The fourth-order valence-corrected chi connectivity index (χ4v) is 2.79. The minimum atomic E-state index is -0.785. The van der Waals surface area contributed by atoms with Gasteiger partial charge in [-0.15, -0.1) is 0 Å². The fourth-order valence-electron chi connectivity index (χ4n) is 2.79. The van der Waals surface area contributed by atoms with Gasteiger partial charge in [0.2, 0.25) is 0 Å². The molecule has 21 heavy (non-hydrogen) atoms. The summed E-state index contributed by atoms with van der Waals surface area (Å²) in [5.41, 5.74) is 11.1. The van der Waals surface area contributed by atoms with Crippen LogP contribution in [0.3, 0.4) is 0 Å². The van der Waals surface area contributed by atoms with Gasteiger partial charge >= 0.3 is 0 Å². The van der Waals surface area contributed by atoms with E-state index in [2.05, 4.69) is 4.98 Å². The van der Waals surface area contributed by atoms with Gasteiger partial charge in [0.15, 0.2) is 17.7 Å². The van der Waals surface area contributed by atoms with Crippen LogP contribution >= 0.6 is 0 Å². The number of nitrogens with zero attached hydrogens (tertiary/aromatic N) is 2. The Bertz CT molecular complexity index is 572. The van der Waals surface area contributed by atoms with E-state index >= 15 is 0 Å². The van der Waals surface area contributed by atoms with Crippen LogP contribution in [0.4, 0.5) is 5.82 Å². The molecule has 0 spiro atoms. The lowest BCUT2D eigenvalue weighted by molar-refractivity contribution is -0.199. The molecule has 2 aliphatic heterocycles. The van der Waals surface area contributed by atoms with E-state index in [0.717, 1.165) is 0 Å². The van der Waals surface area contributed by atoms with E-state index in [0.29, 0.717) is 0 Å². The maximum Gasteiger partial charge on any atom is 0.271 e. The van der Waals surface area contributed by atoms with Crippen molar-refractivity contribution in [2.75, 3.05) is 12.3 Å². The van der Waals surface area contributed by atoms with Crippen molar-refractivity contribution in [1.29, 1.82) is 0 Å². The van der Waals surface area contributed by atoms with Crippen LogP contribution in [0.2, 0.25) is 0 Å². The van der Waals surface area contributed by atoms with Crippen molar-refractivity contribution in [3.63, 3.8) is 0 Å². The quantitative estimate of drug-likeness (QED) is 0.649. The highest BCUT2D eigenvalue weighted by molar-refractivity contribution is 5.95. The standard InChI is InChI=1S/C12H18N4O5/c1-12(2)20-7-5(3-17)19-11(8(7)21-12)16-4-15-6(9(16)13)10(14)18/h4-5,7-8,11,17H,3,13H2,1-2H3,(H2,14,18)/t5-,7?,8+,11-/m1/s1. The number of carbonyl (C=O) groups excluding carboxylic acids is 1. The van der Waals surface area contributed by atoms with Gasteiger partial charge in [-0.1, -0.05) is 0 Å². The van der Waals surface area contributed by atoms with E-state index in [9.17, 15) is 9.90 Å². The molecule has 2 aliphatic rings. The topological polar surface area (TPSA) is 135 Å². The number of primary amides is 1. The van der Waals surface area contributed by atoms with Crippen molar-refractivity contribution in [1.82, 2.24) is 9.55 Å². The number of hydrogen-bond acceptors (Lipinski definition) is 7. The molecular weight excluding hydrogens is 280 g/mol. The molecule has 0 aliphatic carbocycles. The lowest BCUT2D eigenvalue weighted by Gasteiger charge is -2.24. The molecule has 1 unspecified atom stereocenters. The van der Waals surface area contributed by atoms with Gasteiger partial charge < -0.3 is 30.8 Å². The van der Waals surface area contributed by atoms with Crippen molar-refractivity contribution in [3.8, 4) is 0 Å². The van der Waals surface area contributed by atoms with Crippen LogP contribution in [-0.2, 0) is 14.2 Å². The Labute approximate surface area is 120 Å². The van der Waals surface area contributed by atoms with E-state index < -0.39 is 36.2 Å². The van der Waals surface area contributed by atoms with Gasteiger partial charge in [-0.05, 0) is 13.8 Å². The summed E-state index contributed by atoms with van der Waals surface area (Å²) in [6.45, 7) is 3.35. The molecule has 5 N–H and O–H groups in total. The number of rotatable bonds is 3. The Morgan fingerprint density at radius 1 is 1.48 bits per heavy atom. The normalized spacial score (nSPS) is 34.0. The van der Waals surface area contributed by atoms with Crippen molar-refractivity contribution in [3.05, 3.63) is 12.0 Å². The van der Waals surface area contributed by atoms with Gasteiger partial charge in [-0.25, -0.2) is 4.98 Å². The SMILES string of the molecule is CC1(C)OC2[C@@H](CO)O[C@@H](n3cnc(C(N)=O)c3N)[C@H]2O1. The lowest BCUT2D eigenvalue weighted by atomic mass is 10.1. The zero-order valence-corrected chi connectivity index (χ0v) is 11.7. The molecule has 0 aromatic carbocycles. The highest BCUT2D eigenvalue weighted by atomic mass is 16.8. The number of ether oxygens (including phenoxy) is 3. The molecule has 1 amide bonds. The predicted molar refractivity (Wildman–Crippen MR) is 70.0 cm³/mol. The zero-order valence-electron chi connectivity index (χ0n) is 11.7. The molecule has 1 aromatic heterocycles. The molecule has 2 fully saturated rings. The molecule has 0 radical (unpaired) electrons. The largest absolute Gasteiger partial charge is 0.394 e. The van der Waals surface area contributed by atoms with Crippen molar-refractivity contribution in [2.24, 2.45) is 5.73 Å². The first-order chi connectivity index (χ1) is 9.84. The second-order valence-corrected chi connectivity index (χ2v) is 5.56. The van der Waals surface area contributed by atoms with Gasteiger partial charge in [-0.2, -0.15) is 0 Å². The molecular formula is C12H18N4O5. The number of aromatic nitrogens is 2. The Balaban J connectivity index is 1.94. The third kappa shape index (κ3) is 2.18. The molecule has 0 saturated carbocycles. The van der Waals surface area contributed by atoms with E-state index in [1.54, 1.807) is 13.8 Å². The molecule has 3 heterocycles. The first kappa shape index (κ1) is 14.3. The van der Waals surface area contributed by atoms with E-state index in [-0.39, 0.29) is 18.1 Å². The number of imidazole rings is 1. The maximum absolute atomic E-state index is 11.2. The van der Waals surface area contributed by atoms with Gasteiger partial charge in [0, 0.05) is 0 Å². The average Bonchev–Trinajstić information content (AvgIpc) is 3.00. The number of hydrogen-bond donors (Lipinski definition) is 3. The number of carbonyl (C=O) groups is 1. The highest BCUT2D eigenvalue weighted by Gasteiger charge is 2.56. The van der Waals surface area contributed by atoms with Gasteiger partial charge in [-0.3, -0.25) is 9.36 Å². The summed E-state index contributed by atoms with van der Waals surface area (Å²) in [7, 11) is 0. The van der Waals surface area contributed by atoms with Crippen molar-refractivity contribution >= 4 is 11.7 Å². The molecule has 1 aromatic rings. The van der Waals surface area contributed by atoms with Crippen LogP contribution in [0.1, 0.15) is 30.6 Å². The molecule has 9 nitrogen and oxygen atoms in total. The maximum atomic E-state index is 11.2. The fraction of sp³-hybridized carbons (Fsp3) is 0.667. The van der Waals surface area contributed by atoms with E-state index in [1.165, 1.54) is 10.9 Å². The number of aliphatic hydroxyl groups excluding tert-OH is 1. The summed E-state index contributed by atoms with van der Waals surface area (Å²) >= 11 is 0. The summed E-state index contributed by atoms with van der Waals surface area (Å²) in [4.78, 5) is 15.1. The molecule has 3 rings (SSSR count). The number of nitrogen functional groups attached to an aromatic ring is 1. The number of anilines is 1. The van der Waals surface area contributed by atoms with Crippen LogP contribution in [0.5, 0.6) is 0 Å². The smallest absolute Gasteiger partial charge is 0.271 e. The van der Waals surface area contributed by atoms with Crippen molar-refractivity contribution < 1.29 is 24.1 Å². The number of fused-ring (bicyclic) bond motifs is 1. The summed E-state index contributed by atoms with van der Waals surface area (Å²) in [5, 5.41) is 9.42. The molecule has 2 saturated heterocycles. The van der Waals surface area contributed by atoms with Crippen LogP contribution in [-0.4, -0.2) is 51.3 Å². The number of nitrogens with two attached hydrogens (primary N) is 2. The third-order valence-electron chi connectivity index (χ3n) is 3.64. The first-order valence-corrected chi connectivity index (χ1v) is 6.58. The minimum absolute atomic E-state index is 0.0271. The summed E-state index contributed by atoms with van der Waals surface area (Å²) in [6, 6.07) is 0. The Hall–Kier alpha value is -1.68. The lowest BCUT2D eigenvalue weighted by Crippen LogP contribution is -2.31. The Kier molecular flexibility index (Phi) is 3.17. The zero-order chi connectivity index (χ0) is 15.4. The van der Waals surface area contributed by atoms with Crippen LogP contribution in [0, 0.1) is 0 Å². The van der Waals surface area contributed by atoms with Crippen molar-refractivity contribution in [2.45, 2.75) is 44.2 Å². The monoisotopic (exact) mass is 298 g/mol. The van der Waals surface area contributed by atoms with Gasteiger partial charge in [0.1, 0.15) is 24.1 Å².